The summed E-state index contributed by atoms with van der Waals surface area (Å²) in [6.07, 6.45) is 2.50. The number of benzene rings is 1. The molecule has 2 aromatic rings. The fraction of sp³-hybridized carbons (Fsp3) is 0.450. The Morgan fingerprint density at radius 2 is 1.70 bits per heavy atom. The van der Waals surface area contributed by atoms with Crippen molar-refractivity contribution in [3.8, 4) is 17.2 Å². The Kier molecular flexibility index (Phi) is 6.73. The number of aliphatic hydroxyl groups is 1. The normalized spacial score (nSPS) is 19.0. The Labute approximate surface area is 164 Å². The second-order valence-electron chi connectivity index (χ2n) is 6.35. The van der Waals surface area contributed by atoms with Crippen LogP contribution in [0.25, 0.3) is 0 Å². The number of hydrogen-bond donors (Lipinski definition) is 2. The number of phenols is 1. The van der Waals surface area contributed by atoms with Gasteiger partial charge in [-0.1, -0.05) is 40.5 Å². The number of aromatic hydroxyl groups is 1. The van der Waals surface area contributed by atoms with Crippen LogP contribution in [0.4, 0.5) is 5.69 Å². The van der Waals surface area contributed by atoms with Gasteiger partial charge in [0.2, 0.25) is 12.4 Å². The maximum absolute atomic E-state index is 12.5. The van der Waals surface area contributed by atoms with Crippen molar-refractivity contribution < 1.29 is 24.5 Å². The van der Waals surface area contributed by atoms with Crippen LogP contribution in [0.5, 0.6) is 17.2 Å². The number of carbonyl (C=O) groups is 1. The summed E-state index contributed by atoms with van der Waals surface area (Å²) in [5.74, 6) is 0.0880. The highest BCUT2D eigenvalue weighted by Crippen LogP contribution is 2.51. The van der Waals surface area contributed by atoms with Gasteiger partial charge in [-0.15, -0.1) is 11.3 Å². The lowest BCUT2D eigenvalue weighted by Gasteiger charge is -2.23. The van der Waals surface area contributed by atoms with E-state index in [-0.39, 0.29) is 18.1 Å². The number of hydrogen-bond acceptors (Lipinski definition) is 6. The zero-order valence-electron chi connectivity index (χ0n) is 16.4. The van der Waals surface area contributed by atoms with Crippen LogP contribution in [0.3, 0.4) is 0 Å². The summed E-state index contributed by atoms with van der Waals surface area (Å²) in [6, 6.07) is 4.58. The minimum atomic E-state index is -1.90. The van der Waals surface area contributed by atoms with Crippen LogP contribution in [0.2, 0.25) is 0 Å². The van der Waals surface area contributed by atoms with E-state index < -0.39 is 11.5 Å². The van der Waals surface area contributed by atoms with Crippen molar-refractivity contribution >= 4 is 22.9 Å². The molecule has 4 rings (SSSR count). The van der Waals surface area contributed by atoms with Crippen LogP contribution in [0.15, 0.2) is 23.6 Å². The second-order valence-corrected chi connectivity index (χ2v) is 7.26. The van der Waals surface area contributed by atoms with E-state index in [9.17, 15) is 15.0 Å². The molecule has 0 radical (unpaired) electrons. The van der Waals surface area contributed by atoms with E-state index in [1.165, 1.54) is 41.2 Å². The molecule has 1 aromatic carbocycles. The maximum atomic E-state index is 12.5. The molecular formula is C20H27NO5S. The van der Waals surface area contributed by atoms with Crippen molar-refractivity contribution in [2.24, 2.45) is 0 Å². The number of amides is 1. The van der Waals surface area contributed by atoms with Crippen molar-refractivity contribution in [3.05, 3.63) is 34.0 Å². The predicted octanol–water partition coefficient (Wildman–Crippen LogP) is 4.23. The molecule has 1 unspecified atom stereocenters. The van der Waals surface area contributed by atoms with Gasteiger partial charge in [0.25, 0.3) is 5.91 Å². The number of anilines is 1. The molecule has 3 heterocycles. The minimum absolute atomic E-state index is 0.0504. The molecule has 2 N–H and O–H groups in total. The Bertz CT molecular complexity index is 802. The molecule has 0 bridgehead atoms. The Hall–Kier alpha value is -2.25. The molecule has 27 heavy (non-hydrogen) atoms. The number of thiophene rings is 1. The number of likely N-dealkylation sites (N-methyl/N-ethyl adjacent to an activating group) is 1. The highest BCUT2D eigenvalue weighted by Gasteiger charge is 2.52. The fourth-order valence-corrected chi connectivity index (χ4v) is 3.77. The van der Waals surface area contributed by atoms with Gasteiger partial charge in [0.05, 0.1) is 10.6 Å². The smallest absolute Gasteiger partial charge is 0.269 e. The first-order valence-corrected chi connectivity index (χ1v) is 9.96. The van der Waals surface area contributed by atoms with E-state index in [0.29, 0.717) is 22.1 Å². The van der Waals surface area contributed by atoms with Gasteiger partial charge in [-0.25, -0.2) is 0 Å². The minimum Gasteiger partial charge on any atom is -0.507 e. The topological polar surface area (TPSA) is 79.2 Å². The van der Waals surface area contributed by atoms with E-state index in [4.69, 9.17) is 9.47 Å². The molecular weight excluding hydrogens is 366 g/mol. The summed E-state index contributed by atoms with van der Waals surface area (Å²) in [6.45, 7) is 8.55. The summed E-state index contributed by atoms with van der Waals surface area (Å²) in [7, 11) is 1.59. The van der Waals surface area contributed by atoms with E-state index >= 15 is 0 Å². The van der Waals surface area contributed by atoms with E-state index in [0.717, 1.165) is 0 Å². The van der Waals surface area contributed by atoms with Gasteiger partial charge in [-0.2, -0.15) is 0 Å². The molecule has 0 aliphatic carbocycles. The number of ether oxygens (including phenoxy) is 2. The quantitative estimate of drug-likeness (QED) is 0.758. The number of carbonyl (C=O) groups excluding carboxylic acids is 1. The first-order valence-electron chi connectivity index (χ1n) is 9.08. The van der Waals surface area contributed by atoms with Gasteiger partial charge >= 0.3 is 0 Å². The zero-order valence-corrected chi connectivity index (χ0v) is 17.2. The molecule has 6 nitrogen and oxygen atoms in total. The summed E-state index contributed by atoms with van der Waals surface area (Å²) in [5.41, 5.74) is -1.15. The summed E-state index contributed by atoms with van der Waals surface area (Å²) in [4.78, 5) is 14.4. The summed E-state index contributed by atoms with van der Waals surface area (Å²) in [5, 5.41) is 23.0. The molecule has 1 amide bonds. The molecule has 148 valence electrons. The van der Waals surface area contributed by atoms with Crippen LogP contribution in [0, 0.1) is 0 Å². The SMILES string of the molecule is CCC.CCC.CN1C(=O)C(O)(c2cc3c(cc2O)OCO3)c2sccc21. The van der Waals surface area contributed by atoms with Crippen molar-refractivity contribution in [2.75, 3.05) is 18.7 Å². The molecule has 0 saturated carbocycles. The van der Waals surface area contributed by atoms with Crippen molar-refractivity contribution in [1.82, 2.24) is 0 Å². The largest absolute Gasteiger partial charge is 0.507 e. The average Bonchev–Trinajstić information content (AvgIpc) is 3.32. The second kappa shape index (κ2) is 8.63. The molecule has 2 aliphatic rings. The lowest BCUT2D eigenvalue weighted by Crippen LogP contribution is -2.39. The first kappa shape index (κ1) is 21.1. The third kappa shape index (κ3) is 3.61. The molecule has 0 fully saturated rings. The fourth-order valence-electron chi connectivity index (χ4n) is 2.75. The summed E-state index contributed by atoms with van der Waals surface area (Å²) >= 11 is 1.27. The molecule has 1 atom stereocenters. The Morgan fingerprint density at radius 3 is 2.30 bits per heavy atom. The van der Waals surface area contributed by atoms with Crippen LogP contribution >= 0.6 is 11.3 Å². The first-order chi connectivity index (χ1) is 12.9. The highest BCUT2D eigenvalue weighted by atomic mass is 32.1. The van der Waals surface area contributed by atoms with E-state index in [1.54, 1.807) is 18.5 Å². The Morgan fingerprint density at radius 1 is 1.15 bits per heavy atom. The Balaban J connectivity index is 0.000000389. The van der Waals surface area contributed by atoms with Gasteiger partial charge in [0.15, 0.2) is 11.5 Å². The van der Waals surface area contributed by atoms with Crippen molar-refractivity contribution in [1.29, 1.82) is 0 Å². The molecule has 0 saturated heterocycles. The van der Waals surface area contributed by atoms with Gasteiger partial charge in [0.1, 0.15) is 5.75 Å². The standard InChI is InChI=1S/C14H11NO5S.2C3H8/c1-15-8-2-3-21-12(8)14(18,13(15)17)7-4-10-11(5-9(7)16)20-6-19-10;2*1-3-2/h2-5,16,18H,6H2,1H3;2*3H2,1-2H3. The average molecular weight is 394 g/mol. The van der Waals surface area contributed by atoms with Crippen molar-refractivity contribution in [3.63, 3.8) is 0 Å². The van der Waals surface area contributed by atoms with E-state index in [2.05, 4.69) is 27.7 Å². The third-order valence-corrected chi connectivity index (χ3v) is 4.84. The number of rotatable bonds is 1. The lowest BCUT2D eigenvalue weighted by atomic mass is 9.91. The van der Waals surface area contributed by atoms with Crippen LogP contribution < -0.4 is 14.4 Å². The summed E-state index contributed by atoms with van der Waals surface area (Å²) < 4.78 is 10.4. The molecule has 2 aliphatic heterocycles. The van der Waals surface area contributed by atoms with Gasteiger partial charge in [-0.05, 0) is 17.5 Å². The van der Waals surface area contributed by atoms with E-state index in [1.807, 2.05) is 0 Å². The monoisotopic (exact) mass is 393 g/mol. The van der Waals surface area contributed by atoms with Crippen molar-refractivity contribution in [2.45, 2.75) is 46.1 Å². The highest BCUT2D eigenvalue weighted by molar-refractivity contribution is 7.11. The van der Waals surface area contributed by atoms with Gasteiger partial charge in [0, 0.05) is 18.7 Å². The van der Waals surface area contributed by atoms with Crippen LogP contribution in [0.1, 0.15) is 51.0 Å². The van der Waals surface area contributed by atoms with Gasteiger partial charge in [-0.3, -0.25) is 4.79 Å². The van der Waals surface area contributed by atoms with Crippen LogP contribution in [-0.2, 0) is 10.4 Å². The molecule has 1 aromatic heterocycles. The maximum Gasteiger partial charge on any atom is 0.269 e. The molecule has 7 heteroatoms. The predicted molar refractivity (Wildman–Crippen MR) is 107 cm³/mol. The number of nitrogens with zero attached hydrogens (tertiary/aromatic N) is 1. The van der Waals surface area contributed by atoms with Gasteiger partial charge < -0.3 is 24.6 Å². The third-order valence-electron chi connectivity index (χ3n) is 3.83. The van der Waals surface area contributed by atoms with Crippen LogP contribution in [-0.4, -0.2) is 30.0 Å². The zero-order chi connectivity index (χ0) is 20.2. The lowest BCUT2D eigenvalue weighted by molar-refractivity contribution is -0.131. The molecule has 0 spiro atoms. The number of fused-ring (bicyclic) bond motifs is 2. The number of phenolic OH excluding ortho intramolecular Hbond substituents is 1.